The van der Waals surface area contributed by atoms with E-state index in [0.29, 0.717) is 42.9 Å². The number of likely N-dealkylation sites (tertiary alicyclic amines) is 1. The number of aromatic nitrogens is 1. The number of halogens is 1. The van der Waals surface area contributed by atoms with E-state index in [0.717, 1.165) is 0 Å². The van der Waals surface area contributed by atoms with Gasteiger partial charge in [-0.25, -0.2) is 9.78 Å². The van der Waals surface area contributed by atoms with Crippen molar-refractivity contribution in [3.8, 4) is 5.75 Å². The van der Waals surface area contributed by atoms with Crippen LogP contribution < -0.4 is 15.4 Å². The molecule has 2 aliphatic rings. The summed E-state index contributed by atoms with van der Waals surface area (Å²) < 4.78 is 6.01. The topological polar surface area (TPSA) is 118 Å². The second kappa shape index (κ2) is 9.19. The van der Waals surface area contributed by atoms with Gasteiger partial charge in [0.2, 0.25) is 0 Å². The van der Waals surface area contributed by atoms with Gasteiger partial charge < -0.3 is 9.64 Å². The molecule has 1 aromatic carbocycles. The first-order chi connectivity index (χ1) is 15.4. The van der Waals surface area contributed by atoms with Crippen LogP contribution in [-0.2, 0) is 9.59 Å². The number of amides is 5. The minimum atomic E-state index is -0.836. The molecule has 2 saturated heterocycles. The summed E-state index contributed by atoms with van der Waals surface area (Å²) >= 11 is 5.87. The number of pyridine rings is 1. The average Bonchev–Trinajstić information content (AvgIpc) is 2.77. The number of benzene rings is 1. The summed E-state index contributed by atoms with van der Waals surface area (Å²) in [5.74, 6) is -0.997. The van der Waals surface area contributed by atoms with E-state index < -0.39 is 17.8 Å². The van der Waals surface area contributed by atoms with Gasteiger partial charge >= 0.3 is 6.03 Å². The van der Waals surface area contributed by atoms with Crippen LogP contribution in [0.3, 0.4) is 0 Å². The molecule has 0 atom stereocenters. The highest BCUT2D eigenvalue weighted by Crippen LogP contribution is 2.22. The lowest BCUT2D eigenvalue weighted by Crippen LogP contribution is -2.51. The molecule has 2 aromatic rings. The molecule has 2 N–H and O–H groups in total. The van der Waals surface area contributed by atoms with Gasteiger partial charge in [0.15, 0.2) is 0 Å². The van der Waals surface area contributed by atoms with E-state index in [2.05, 4.69) is 4.98 Å². The van der Waals surface area contributed by atoms with Gasteiger partial charge in [-0.15, -0.1) is 0 Å². The van der Waals surface area contributed by atoms with Crippen LogP contribution in [0.5, 0.6) is 5.75 Å². The van der Waals surface area contributed by atoms with Crippen LogP contribution in [0.4, 0.5) is 4.79 Å². The molecule has 2 fully saturated rings. The van der Waals surface area contributed by atoms with Gasteiger partial charge in [0, 0.05) is 25.9 Å². The zero-order chi connectivity index (χ0) is 22.7. The molecule has 0 radical (unpaired) electrons. The molecule has 9 nitrogen and oxygen atoms in total. The third-order valence-electron chi connectivity index (χ3n) is 5.10. The Bertz CT molecular complexity index is 1090. The molecule has 3 heterocycles. The van der Waals surface area contributed by atoms with E-state index in [1.54, 1.807) is 47.4 Å². The number of ether oxygens (including phenoxy) is 1. The van der Waals surface area contributed by atoms with Crippen LogP contribution >= 0.6 is 11.6 Å². The Morgan fingerprint density at radius 2 is 1.69 bits per heavy atom. The normalized spacial score (nSPS) is 17.0. The molecular weight excluding hydrogens is 436 g/mol. The fraction of sp³-hybridized carbons (Fsp3) is 0.227. The maximum absolute atomic E-state index is 12.6. The number of barbiturate groups is 1. The van der Waals surface area contributed by atoms with Crippen LogP contribution in [0.25, 0.3) is 6.08 Å². The van der Waals surface area contributed by atoms with Crippen molar-refractivity contribution in [2.45, 2.75) is 18.9 Å². The molecule has 0 spiro atoms. The average molecular weight is 455 g/mol. The standard InChI is InChI=1S/C22H19ClN4O5/c23-18-3-1-2-17(24-18)21(30)27-10-8-15(9-11-27)32-14-6-4-13(5-7-14)12-16-19(28)25-22(31)26-20(16)29/h1-7,12,15H,8-11H2,(H2,25,26,28,29,31). The number of urea groups is 1. The predicted molar refractivity (Wildman–Crippen MR) is 115 cm³/mol. The van der Waals surface area contributed by atoms with Gasteiger partial charge in [0.1, 0.15) is 28.3 Å². The number of nitrogens with one attached hydrogen (secondary N) is 2. The quantitative estimate of drug-likeness (QED) is 0.415. The lowest BCUT2D eigenvalue weighted by Gasteiger charge is -2.32. The molecular formula is C22H19ClN4O5. The van der Waals surface area contributed by atoms with E-state index in [1.165, 1.54) is 6.08 Å². The SMILES string of the molecule is O=C1NC(=O)C(=Cc2ccc(OC3CCN(C(=O)c4cccc(Cl)n4)CC3)cc2)C(=O)N1. The smallest absolute Gasteiger partial charge is 0.328 e. The molecule has 10 heteroatoms. The predicted octanol–water partition coefficient (Wildman–Crippen LogP) is 2.17. The molecule has 0 bridgehead atoms. The van der Waals surface area contributed by atoms with Crippen molar-refractivity contribution >= 4 is 41.4 Å². The fourth-order valence-corrected chi connectivity index (χ4v) is 3.64. The van der Waals surface area contributed by atoms with Crippen molar-refractivity contribution in [3.05, 3.63) is 64.4 Å². The van der Waals surface area contributed by atoms with E-state index >= 15 is 0 Å². The van der Waals surface area contributed by atoms with Crippen LogP contribution in [0, 0.1) is 0 Å². The largest absolute Gasteiger partial charge is 0.490 e. The van der Waals surface area contributed by atoms with Gasteiger partial charge in [-0.1, -0.05) is 29.8 Å². The van der Waals surface area contributed by atoms with Gasteiger partial charge in [-0.3, -0.25) is 25.0 Å². The summed E-state index contributed by atoms with van der Waals surface area (Å²) in [5, 5.41) is 4.34. The first-order valence-electron chi connectivity index (χ1n) is 9.96. The van der Waals surface area contributed by atoms with E-state index in [1.807, 2.05) is 10.6 Å². The molecule has 0 saturated carbocycles. The molecule has 2 aliphatic heterocycles. The third-order valence-corrected chi connectivity index (χ3v) is 5.31. The Morgan fingerprint density at radius 1 is 1.03 bits per heavy atom. The zero-order valence-electron chi connectivity index (χ0n) is 16.8. The Morgan fingerprint density at radius 3 is 2.31 bits per heavy atom. The summed E-state index contributed by atoms with van der Waals surface area (Å²) in [6.07, 6.45) is 2.70. The zero-order valence-corrected chi connectivity index (χ0v) is 17.6. The molecule has 1 aromatic heterocycles. The summed E-state index contributed by atoms with van der Waals surface area (Å²) in [4.78, 5) is 53.1. The van der Waals surface area contributed by atoms with E-state index in [-0.39, 0.29) is 22.7 Å². The second-order valence-electron chi connectivity index (χ2n) is 7.32. The van der Waals surface area contributed by atoms with Crippen molar-refractivity contribution in [1.82, 2.24) is 20.5 Å². The number of carbonyl (C=O) groups is 4. The summed E-state index contributed by atoms with van der Waals surface area (Å²) in [7, 11) is 0. The lowest BCUT2D eigenvalue weighted by atomic mass is 10.1. The molecule has 5 amide bonds. The van der Waals surface area contributed by atoms with Crippen LogP contribution in [0.15, 0.2) is 48.0 Å². The van der Waals surface area contributed by atoms with Crippen LogP contribution in [0.2, 0.25) is 5.15 Å². The summed E-state index contributed by atoms with van der Waals surface area (Å²) in [6, 6.07) is 11.0. The van der Waals surface area contributed by atoms with Crippen molar-refractivity contribution < 1.29 is 23.9 Å². The third kappa shape index (κ3) is 4.94. The van der Waals surface area contributed by atoms with E-state index in [4.69, 9.17) is 16.3 Å². The number of rotatable bonds is 4. The van der Waals surface area contributed by atoms with Crippen LogP contribution in [0.1, 0.15) is 28.9 Å². The van der Waals surface area contributed by atoms with Crippen molar-refractivity contribution in [2.24, 2.45) is 0 Å². The molecule has 32 heavy (non-hydrogen) atoms. The highest BCUT2D eigenvalue weighted by Gasteiger charge is 2.28. The van der Waals surface area contributed by atoms with Gasteiger partial charge in [0.25, 0.3) is 17.7 Å². The van der Waals surface area contributed by atoms with Crippen molar-refractivity contribution in [1.29, 1.82) is 0 Å². The summed E-state index contributed by atoms with van der Waals surface area (Å²) in [6.45, 7) is 1.09. The van der Waals surface area contributed by atoms with Crippen molar-refractivity contribution in [3.63, 3.8) is 0 Å². The highest BCUT2D eigenvalue weighted by atomic mass is 35.5. The van der Waals surface area contributed by atoms with E-state index in [9.17, 15) is 19.2 Å². The molecule has 4 rings (SSSR count). The maximum atomic E-state index is 12.6. The molecule has 0 unspecified atom stereocenters. The van der Waals surface area contributed by atoms with Gasteiger partial charge in [0.05, 0.1) is 0 Å². The molecule has 0 aliphatic carbocycles. The number of imide groups is 2. The Labute approximate surface area is 188 Å². The Kier molecular flexibility index (Phi) is 6.18. The number of hydrogen-bond acceptors (Lipinski definition) is 6. The minimum Gasteiger partial charge on any atom is -0.490 e. The van der Waals surface area contributed by atoms with Crippen LogP contribution in [-0.4, -0.2) is 52.8 Å². The monoisotopic (exact) mass is 454 g/mol. The van der Waals surface area contributed by atoms with Gasteiger partial charge in [-0.2, -0.15) is 0 Å². The van der Waals surface area contributed by atoms with Gasteiger partial charge in [-0.05, 0) is 35.9 Å². The number of hydrogen-bond donors (Lipinski definition) is 2. The fourth-order valence-electron chi connectivity index (χ4n) is 3.47. The molecule has 164 valence electrons. The first kappa shape index (κ1) is 21.5. The highest BCUT2D eigenvalue weighted by molar-refractivity contribution is 6.31. The number of piperidine rings is 1. The summed E-state index contributed by atoms with van der Waals surface area (Å²) in [5.41, 5.74) is 0.789. The second-order valence-corrected chi connectivity index (χ2v) is 7.71. The maximum Gasteiger partial charge on any atom is 0.328 e. The number of carbonyl (C=O) groups excluding carboxylic acids is 4. The minimum absolute atomic E-state index is 0.0449. The number of nitrogens with zero attached hydrogens (tertiary/aromatic N) is 2. The Balaban J connectivity index is 1.32. The lowest BCUT2D eigenvalue weighted by molar-refractivity contribution is -0.123. The van der Waals surface area contributed by atoms with Crippen molar-refractivity contribution in [2.75, 3.05) is 13.1 Å². The Hall–Kier alpha value is -3.72. The first-order valence-corrected chi connectivity index (χ1v) is 10.3.